The zero-order valence-corrected chi connectivity index (χ0v) is 33.0. The molecule has 0 saturated heterocycles. The van der Waals surface area contributed by atoms with Gasteiger partial charge in [0.25, 0.3) is 0 Å². The van der Waals surface area contributed by atoms with Gasteiger partial charge in [-0.1, -0.05) is 169 Å². The first-order valence-electron chi connectivity index (χ1n) is 19.8. The van der Waals surface area contributed by atoms with E-state index in [1.165, 1.54) is 59.9 Å². The first-order valence-corrected chi connectivity index (χ1v) is 20.6. The molecule has 0 amide bonds. The number of aryl methyl sites for hydroxylation is 2. The maximum atomic E-state index is 5.35. The lowest BCUT2D eigenvalue weighted by atomic mass is 9.67. The molecule has 2 aromatic heterocycles. The van der Waals surface area contributed by atoms with Crippen molar-refractivity contribution in [2.75, 3.05) is 0 Å². The van der Waals surface area contributed by atoms with Gasteiger partial charge in [0.15, 0.2) is 5.82 Å². The molecule has 1 spiro atoms. The SMILES string of the molecule is Cc1cnc(-c2ccccc2)cc1-c1ccc2c(c1)-c1ccccc1C21c2ccccc2Sc2c(-c3cc(-c4ccccc4C)nc(-c4ccccc4)n3)cccc21. The summed E-state index contributed by atoms with van der Waals surface area (Å²) in [6.45, 7) is 4.31. The second-order valence-corrected chi connectivity index (χ2v) is 16.3. The molecule has 1 unspecified atom stereocenters. The number of hydrogen-bond acceptors (Lipinski definition) is 4. The Morgan fingerprint density at radius 2 is 1.02 bits per heavy atom. The Kier molecular flexibility index (Phi) is 8.09. The number of nitrogens with zero attached hydrogens (tertiary/aromatic N) is 3. The highest BCUT2D eigenvalue weighted by molar-refractivity contribution is 7.99. The average Bonchev–Trinajstić information content (AvgIpc) is 3.57. The molecule has 7 aromatic carbocycles. The second-order valence-electron chi connectivity index (χ2n) is 15.2. The van der Waals surface area contributed by atoms with Crippen molar-refractivity contribution >= 4 is 11.8 Å². The van der Waals surface area contributed by atoms with Gasteiger partial charge in [-0.3, -0.25) is 4.98 Å². The molecule has 2 aliphatic rings. The summed E-state index contributed by atoms with van der Waals surface area (Å²) in [6.07, 6.45) is 2.01. The third-order valence-corrected chi connectivity index (χ3v) is 13.1. The maximum Gasteiger partial charge on any atom is 0.160 e. The lowest BCUT2D eigenvalue weighted by Gasteiger charge is -2.40. The molecule has 3 heterocycles. The largest absolute Gasteiger partial charge is 0.256 e. The molecular formula is C54H37N3S. The molecule has 4 heteroatoms. The molecule has 0 fully saturated rings. The Morgan fingerprint density at radius 1 is 0.397 bits per heavy atom. The summed E-state index contributed by atoms with van der Waals surface area (Å²) in [6, 6.07) is 65.7. The van der Waals surface area contributed by atoms with Gasteiger partial charge in [-0.05, 0) is 93.7 Å². The zero-order valence-electron chi connectivity index (χ0n) is 32.1. The first kappa shape index (κ1) is 34.4. The molecule has 0 saturated carbocycles. The predicted octanol–water partition coefficient (Wildman–Crippen LogP) is 13.7. The van der Waals surface area contributed by atoms with Crippen molar-refractivity contribution in [2.45, 2.75) is 29.1 Å². The Morgan fingerprint density at radius 3 is 1.81 bits per heavy atom. The van der Waals surface area contributed by atoms with E-state index in [9.17, 15) is 0 Å². The van der Waals surface area contributed by atoms with Gasteiger partial charge in [-0.25, -0.2) is 9.97 Å². The molecule has 9 aromatic rings. The van der Waals surface area contributed by atoms with Crippen LogP contribution < -0.4 is 0 Å². The van der Waals surface area contributed by atoms with E-state index < -0.39 is 5.41 Å². The van der Waals surface area contributed by atoms with Crippen molar-refractivity contribution in [1.82, 2.24) is 15.0 Å². The summed E-state index contributed by atoms with van der Waals surface area (Å²) in [7, 11) is 0. The van der Waals surface area contributed by atoms with E-state index in [2.05, 4.69) is 184 Å². The number of aromatic nitrogens is 3. The molecule has 11 rings (SSSR count). The maximum absolute atomic E-state index is 5.35. The van der Waals surface area contributed by atoms with Crippen molar-refractivity contribution in [3.63, 3.8) is 0 Å². The number of fused-ring (bicyclic) bond motifs is 9. The molecule has 274 valence electrons. The fourth-order valence-electron chi connectivity index (χ4n) is 9.20. The van der Waals surface area contributed by atoms with Gasteiger partial charge in [0.1, 0.15) is 0 Å². The van der Waals surface area contributed by atoms with Crippen LogP contribution in [0.4, 0.5) is 0 Å². The fraction of sp³-hybridized carbons (Fsp3) is 0.0556. The van der Waals surface area contributed by atoms with Crippen LogP contribution in [-0.4, -0.2) is 15.0 Å². The van der Waals surface area contributed by atoms with Crippen LogP contribution in [0.15, 0.2) is 198 Å². The van der Waals surface area contributed by atoms with Gasteiger partial charge in [0.05, 0.1) is 22.5 Å². The minimum Gasteiger partial charge on any atom is -0.256 e. The molecule has 0 bridgehead atoms. The highest BCUT2D eigenvalue weighted by Crippen LogP contribution is 2.63. The standard InChI is InChI=1S/C54H37N3S/c1-34-16-9-10-21-39(34)49-32-50(57-53(56-49)37-19-7-4-8-20-37)41-23-15-26-47-52(41)58-51-27-14-13-25-46(51)54(47)44-24-12-11-22-40(44)43-30-38(28-29-45(43)54)42-31-48(55-33-35(42)2)36-17-5-3-6-18-36/h3-33H,1-2H3. The van der Waals surface area contributed by atoms with Crippen molar-refractivity contribution in [2.24, 2.45) is 0 Å². The summed E-state index contributed by atoms with van der Waals surface area (Å²) in [5, 5.41) is 0. The molecule has 1 aliphatic carbocycles. The quantitative estimate of drug-likeness (QED) is 0.175. The Bertz CT molecular complexity index is 3060. The van der Waals surface area contributed by atoms with Crippen molar-refractivity contribution in [1.29, 1.82) is 0 Å². The minimum atomic E-state index is -0.533. The van der Waals surface area contributed by atoms with Crippen LogP contribution in [0.2, 0.25) is 0 Å². The number of pyridine rings is 1. The van der Waals surface area contributed by atoms with Crippen LogP contribution in [-0.2, 0) is 5.41 Å². The Hall–Kier alpha value is -6.88. The van der Waals surface area contributed by atoms with Crippen LogP contribution in [0, 0.1) is 13.8 Å². The van der Waals surface area contributed by atoms with Gasteiger partial charge < -0.3 is 0 Å². The van der Waals surface area contributed by atoms with Gasteiger partial charge in [-0.15, -0.1) is 0 Å². The lowest BCUT2D eigenvalue weighted by molar-refractivity contribution is 0.723. The van der Waals surface area contributed by atoms with E-state index in [0.29, 0.717) is 0 Å². The summed E-state index contributed by atoms with van der Waals surface area (Å²) < 4.78 is 0. The van der Waals surface area contributed by atoms with Crippen molar-refractivity contribution < 1.29 is 0 Å². The van der Waals surface area contributed by atoms with E-state index in [-0.39, 0.29) is 0 Å². The van der Waals surface area contributed by atoms with E-state index in [4.69, 9.17) is 15.0 Å². The van der Waals surface area contributed by atoms with Crippen LogP contribution >= 0.6 is 11.8 Å². The average molecular weight is 760 g/mol. The molecule has 1 aliphatic heterocycles. The van der Waals surface area contributed by atoms with Gasteiger partial charge in [0, 0.05) is 38.2 Å². The van der Waals surface area contributed by atoms with Crippen LogP contribution in [0.5, 0.6) is 0 Å². The number of benzene rings is 7. The normalized spacial score (nSPS) is 14.7. The first-order chi connectivity index (χ1) is 28.6. The zero-order chi connectivity index (χ0) is 38.8. The van der Waals surface area contributed by atoms with E-state index in [0.717, 1.165) is 50.7 Å². The minimum absolute atomic E-state index is 0.533. The van der Waals surface area contributed by atoms with Crippen molar-refractivity contribution in [3.05, 3.63) is 222 Å². The molecule has 0 N–H and O–H groups in total. The summed E-state index contributed by atoms with van der Waals surface area (Å²) >= 11 is 1.85. The molecule has 0 radical (unpaired) electrons. The highest BCUT2D eigenvalue weighted by atomic mass is 32.2. The van der Waals surface area contributed by atoms with Gasteiger partial charge >= 0.3 is 0 Å². The summed E-state index contributed by atoms with van der Waals surface area (Å²) in [5.74, 6) is 0.718. The van der Waals surface area contributed by atoms with E-state index in [1.807, 2.05) is 30.1 Å². The van der Waals surface area contributed by atoms with E-state index >= 15 is 0 Å². The third-order valence-electron chi connectivity index (χ3n) is 11.9. The molecular weight excluding hydrogens is 723 g/mol. The Labute approximate surface area is 343 Å². The van der Waals surface area contributed by atoms with Crippen LogP contribution in [0.25, 0.3) is 67.4 Å². The molecule has 1 atom stereocenters. The Balaban J connectivity index is 1.15. The predicted molar refractivity (Wildman–Crippen MR) is 238 cm³/mol. The van der Waals surface area contributed by atoms with E-state index in [1.54, 1.807) is 0 Å². The highest BCUT2D eigenvalue weighted by Gasteiger charge is 2.50. The van der Waals surface area contributed by atoms with Gasteiger partial charge in [0.2, 0.25) is 0 Å². The van der Waals surface area contributed by atoms with Crippen LogP contribution in [0.1, 0.15) is 33.4 Å². The molecule has 58 heavy (non-hydrogen) atoms. The van der Waals surface area contributed by atoms with Crippen molar-refractivity contribution in [3.8, 4) is 67.4 Å². The smallest absolute Gasteiger partial charge is 0.160 e. The monoisotopic (exact) mass is 759 g/mol. The van der Waals surface area contributed by atoms with Gasteiger partial charge in [-0.2, -0.15) is 0 Å². The lowest BCUT2D eigenvalue weighted by Crippen LogP contribution is -2.32. The summed E-state index contributed by atoms with van der Waals surface area (Å²) in [5.41, 5.74) is 19.0. The third kappa shape index (κ3) is 5.33. The number of hydrogen-bond donors (Lipinski definition) is 0. The second kappa shape index (κ2) is 13.7. The fourth-order valence-corrected chi connectivity index (χ4v) is 10.5. The van der Waals surface area contributed by atoms with Crippen LogP contribution in [0.3, 0.4) is 0 Å². The molecule has 3 nitrogen and oxygen atoms in total. The topological polar surface area (TPSA) is 38.7 Å². The number of rotatable bonds is 5. The summed E-state index contributed by atoms with van der Waals surface area (Å²) in [4.78, 5) is 17.8.